The topological polar surface area (TPSA) is 67.2 Å². The summed E-state index contributed by atoms with van der Waals surface area (Å²) in [6, 6.07) is 12.0. The normalized spacial score (nSPS) is 13.7. The lowest BCUT2D eigenvalue weighted by Crippen LogP contribution is -2.32. The summed E-state index contributed by atoms with van der Waals surface area (Å²) in [6.07, 6.45) is -1.35. The van der Waals surface area contributed by atoms with Crippen molar-refractivity contribution < 1.29 is 22.8 Å². The average Bonchev–Trinajstić information content (AvgIpc) is 3.58. The van der Waals surface area contributed by atoms with E-state index in [1.807, 2.05) is 13.8 Å². The Kier molecular flexibility index (Phi) is 6.69. The van der Waals surface area contributed by atoms with Gasteiger partial charge in [-0.2, -0.15) is 18.3 Å². The molecule has 0 radical (unpaired) electrons. The first-order valence-electron chi connectivity index (χ1n) is 11.5. The number of alkyl halides is 3. The molecule has 0 spiro atoms. The molecule has 2 amide bonds. The number of nitrogens with one attached hydrogen (secondary N) is 1. The van der Waals surface area contributed by atoms with Crippen molar-refractivity contribution in [3.05, 3.63) is 82.7 Å². The quantitative estimate of drug-likeness (QED) is 0.503. The molecule has 1 fully saturated rings. The summed E-state index contributed by atoms with van der Waals surface area (Å²) in [5.74, 6) is -0.340. The van der Waals surface area contributed by atoms with Crippen molar-refractivity contribution in [2.24, 2.45) is 0 Å². The lowest BCUT2D eigenvalue weighted by molar-refractivity contribution is -0.137. The minimum Gasteiger partial charge on any atom is -0.348 e. The lowest BCUT2D eigenvalue weighted by atomic mass is 10.1. The van der Waals surface area contributed by atoms with E-state index in [1.54, 1.807) is 42.3 Å². The third-order valence-corrected chi connectivity index (χ3v) is 6.18. The van der Waals surface area contributed by atoms with Crippen molar-refractivity contribution in [2.75, 3.05) is 7.05 Å². The van der Waals surface area contributed by atoms with Crippen molar-refractivity contribution in [1.29, 1.82) is 0 Å². The first-order chi connectivity index (χ1) is 16.6. The molecule has 1 aliphatic carbocycles. The Morgan fingerprint density at radius 3 is 2.43 bits per heavy atom. The number of aromatic nitrogens is 2. The predicted octanol–water partition coefficient (Wildman–Crippen LogP) is 5.18. The van der Waals surface area contributed by atoms with Gasteiger partial charge in [-0.25, -0.2) is 4.68 Å². The van der Waals surface area contributed by atoms with Gasteiger partial charge in [0.05, 0.1) is 28.7 Å². The molecule has 0 saturated heterocycles. The van der Waals surface area contributed by atoms with E-state index in [1.165, 1.54) is 16.9 Å². The predicted molar refractivity (Wildman–Crippen MR) is 125 cm³/mol. The Morgan fingerprint density at radius 1 is 1.14 bits per heavy atom. The van der Waals surface area contributed by atoms with Gasteiger partial charge in [0.2, 0.25) is 0 Å². The van der Waals surface area contributed by atoms with Gasteiger partial charge in [0, 0.05) is 31.1 Å². The molecule has 1 aromatic heterocycles. The molecule has 35 heavy (non-hydrogen) atoms. The fraction of sp³-hybridized carbons (Fsp3) is 0.346. The Labute approximate surface area is 201 Å². The van der Waals surface area contributed by atoms with Gasteiger partial charge in [-0.15, -0.1) is 0 Å². The zero-order valence-electron chi connectivity index (χ0n) is 19.8. The minimum atomic E-state index is -4.46. The molecular formula is C26H27F3N4O2. The van der Waals surface area contributed by atoms with E-state index in [-0.39, 0.29) is 36.0 Å². The fourth-order valence-corrected chi connectivity index (χ4v) is 3.78. The number of benzene rings is 2. The van der Waals surface area contributed by atoms with Crippen molar-refractivity contribution in [2.45, 2.75) is 51.4 Å². The smallest absolute Gasteiger partial charge is 0.348 e. The second-order valence-corrected chi connectivity index (χ2v) is 9.07. The second kappa shape index (κ2) is 9.56. The molecule has 4 rings (SSSR count). The van der Waals surface area contributed by atoms with Crippen LogP contribution in [0.5, 0.6) is 0 Å². The van der Waals surface area contributed by atoms with Crippen LogP contribution in [0.4, 0.5) is 13.2 Å². The fourth-order valence-electron chi connectivity index (χ4n) is 3.78. The van der Waals surface area contributed by atoms with Gasteiger partial charge in [-0.05, 0) is 62.6 Å². The number of rotatable bonds is 7. The highest BCUT2D eigenvalue weighted by Crippen LogP contribution is 2.42. The van der Waals surface area contributed by atoms with Gasteiger partial charge < -0.3 is 10.2 Å². The molecule has 0 bridgehead atoms. The molecule has 2 aromatic carbocycles. The van der Waals surface area contributed by atoms with Gasteiger partial charge in [0.1, 0.15) is 0 Å². The van der Waals surface area contributed by atoms with Crippen LogP contribution in [0, 0.1) is 0 Å². The SMILES string of the molecule is CC(C)N(C)C(=O)c1ccc(CNC(=O)c2cnn(-c3cccc(C(F)(F)F)c3)c2C2CC2)cc1. The Hall–Kier alpha value is -3.62. The summed E-state index contributed by atoms with van der Waals surface area (Å²) in [7, 11) is 1.75. The summed E-state index contributed by atoms with van der Waals surface area (Å²) >= 11 is 0. The summed E-state index contributed by atoms with van der Waals surface area (Å²) in [5, 5.41) is 7.12. The highest BCUT2D eigenvalue weighted by Gasteiger charge is 2.34. The highest BCUT2D eigenvalue weighted by atomic mass is 19.4. The third-order valence-electron chi connectivity index (χ3n) is 6.18. The van der Waals surface area contributed by atoms with Gasteiger partial charge in [-0.1, -0.05) is 18.2 Å². The van der Waals surface area contributed by atoms with E-state index >= 15 is 0 Å². The molecule has 184 valence electrons. The molecular weight excluding hydrogens is 457 g/mol. The van der Waals surface area contributed by atoms with Crippen LogP contribution >= 0.6 is 0 Å². The van der Waals surface area contributed by atoms with Crippen LogP contribution in [0.3, 0.4) is 0 Å². The van der Waals surface area contributed by atoms with Gasteiger partial charge >= 0.3 is 6.18 Å². The van der Waals surface area contributed by atoms with Crippen molar-refractivity contribution in [3.63, 3.8) is 0 Å². The maximum atomic E-state index is 13.2. The van der Waals surface area contributed by atoms with Crippen LogP contribution in [0.15, 0.2) is 54.7 Å². The second-order valence-electron chi connectivity index (χ2n) is 9.07. The van der Waals surface area contributed by atoms with Crippen molar-refractivity contribution in [1.82, 2.24) is 20.0 Å². The molecule has 0 unspecified atom stereocenters. The first kappa shape index (κ1) is 24.5. The van der Waals surface area contributed by atoms with Crippen LogP contribution in [-0.2, 0) is 12.7 Å². The summed E-state index contributed by atoms with van der Waals surface area (Å²) < 4.78 is 41.0. The van der Waals surface area contributed by atoms with Crippen LogP contribution in [-0.4, -0.2) is 39.6 Å². The zero-order chi connectivity index (χ0) is 25.3. The number of hydrogen-bond acceptors (Lipinski definition) is 3. The molecule has 6 nitrogen and oxygen atoms in total. The molecule has 0 atom stereocenters. The van der Waals surface area contributed by atoms with Crippen molar-refractivity contribution >= 4 is 11.8 Å². The molecule has 1 saturated carbocycles. The molecule has 3 aromatic rings. The molecule has 9 heteroatoms. The first-order valence-corrected chi connectivity index (χ1v) is 11.5. The molecule has 1 heterocycles. The van der Waals surface area contributed by atoms with Crippen molar-refractivity contribution in [3.8, 4) is 5.69 Å². The molecule has 0 aliphatic heterocycles. The highest BCUT2D eigenvalue weighted by molar-refractivity contribution is 5.96. The average molecular weight is 485 g/mol. The summed E-state index contributed by atoms with van der Waals surface area (Å²) in [6.45, 7) is 4.12. The minimum absolute atomic E-state index is 0.0772. The zero-order valence-corrected chi connectivity index (χ0v) is 19.8. The number of carbonyl (C=O) groups is 2. The number of hydrogen-bond donors (Lipinski definition) is 1. The largest absolute Gasteiger partial charge is 0.416 e. The standard InChI is InChI=1S/C26H27F3N4O2/c1-16(2)32(3)25(35)19-9-7-17(8-10-19)14-30-24(34)22-15-31-33(23(22)18-11-12-18)21-6-4-5-20(13-21)26(27,28)29/h4-10,13,15-16,18H,11-12,14H2,1-3H3,(H,30,34). The number of nitrogens with zero attached hydrogens (tertiary/aromatic N) is 3. The van der Waals surface area contributed by atoms with E-state index in [4.69, 9.17) is 0 Å². The number of halogens is 3. The Balaban J connectivity index is 1.49. The van der Waals surface area contributed by atoms with Gasteiger partial charge in [0.25, 0.3) is 11.8 Å². The van der Waals surface area contributed by atoms with E-state index in [0.29, 0.717) is 16.8 Å². The van der Waals surface area contributed by atoms with E-state index < -0.39 is 11.7 Å². The van der Waals surface area contributed by atoms with Gasteiger partial charge in [-0.3, -0.25) is 9.59 Å². The molecule has 1 aliphatic rings. The van der Waals surface area contributed by atoms with Crippen LogP contribution < -0.4 is 5.32 Å². The summed E-state index contributed by atoms with van der Waals surface area (Å²) in [5.41, 5.74) is 1.87. The maximum Gasteiger partial charge on any atom is 0.416 e. The van der Waals surface area contributed by atoms with Crippen LogP contribution in [0.25, 0.3) is 5.69 Å². The lowest BCUT2D eigenvalue weighted by Gasteiger charge is -2.21. The van der Waals surface area contributed by atoms with E-state index in [2.05, 4.69) is 10.4 Å². The van der Waals surface area contributed by atoms with Crippen LogP contribution in [0.2, 0.25) is 0 Å². The van der Waals surface area contributed by atoms with E-state index in [9.17, 15) is 22.8 Å². The summed E-state index contributed by atoms with van der Waals surface area (Å²) in [4.78, 5) is 27.1. The Morgan fingerprint density at radius 2 is 1.83 bits per heavy atom. The maximum absolute atomic E-state index is 13.2. The number of carbonyl (C=O) groups excluding carboxylic acids is 2. The van der Waals surface area contributed by atoms with Gasteiger partial charge in [0.15, 0.2) is 0 Å². The van der Waals surface area contributed by atoms with E-state index in [0.717, 1.165) is 30.5 Å². The molecule has 1 N–H and O–H groups in total. The third kappa shape index (κ3) is 5.39. The Bertz CT molecular complexity index is 1230. The number of amides is 2. The monoisotopic (exact) mass is 484 g/mol. The van der Waals surface area contributed by atoms with Crippen LogP contribution in [0.1, 0.15) is 70.1 Å².